The SMILES string of the molecule is CCCC[Si](CCCC)(c1cc[c-]s1)c1cc[c-]s1.[Cl][Zn+].[Cl][Zn+]. The topological polar surface area (TPSA) is 0 Å². The Morgan fingerprint density at radius 1 is 0.870 bits per heavy atom. The zero-order valence-electron chi connectivity index (χ0n) is 14.0. The van der Waals surface area contributed by atoms with Crippen LogP contribution in [-0.2, 0) is 34.6 Å². The molecule has 0 saturated heterocycles. The summed E-state index contributed by atoms with van der Waals surface area (Å²) in [5.41, 5.74) is 0. The van der Waals surface area contributed by atoms with E-state index in [0.29, 0.717) is 0 Å². The van der Waals surface area contributed by atoms with Crippen molar-refractivity contribution in [2.45, 2.75) is 51.6 Å². The van der Waals surface area contributed by atoms with Gasteiger partial charge in [-0.3, -0.25) is 0 Å². The molecule has 0 unspecified atom stereocenters. The fourth-order valence-corrected chi connectivity index (χ4v) is 11.7. The molecule has 0 radical (unpaired) electrons. The van der Waals surface area contributed by atoms with E-state index in [1.807, 2.05) is 22.7 Å². The van der Waals surface area contributed by atoms with E-state index >= 15 is 0 Å². The predicted octanol–water partition coefficient (Wildman–Crippen LogP) is 5.95. The second-order valence-corrected chi connectivity index (χ2v) is 11.8. The third kappa shape index (κ3) is 7.69. The molecular formula is C16H22Cl2S2SiZn2. The van der Waals surface area contributed by atoms with Crippen molar-refractivity contribution in [2.24, 2.45) is 0 Å². The molecule has 0 saturated carbocycles. The van der Waals surface area contributed by atoms with Crippen molar-refractivity contribution in [1.82, 2.24) is 0 Å². The third-order valence-electron chi connectivity index (χ3n) is 3.80. The molecule has 23 heavy (non-hydrogen) atoms. The number of thiophene rings is 2. The van der Waals surface area contributed by atoms with Crippen LogP contribution in [0.3, 0.4) is 0 Å². The molecule has 2 rings (SSSR count). The first-order valence-corrected chi connectivity index (χ1v) is 19.6. The van der Waals surface area contributed by atoms with Gasteiger partial charge in [0, 0.05) is 0 Å². The van der Waals surface area contributed by atoms with E-state index in [4.69, 9.17) is 19.4 Å². The van der Waals surface area contributed by atoms with E-state index in [1.165, 1.54) is 37.8 Å². The molecule has 0 fully saturated rings. The van der Waals surface area contributed by atoms with Crippen molar-refractivity contribution in [1.29, 1.82) is 0 Å². The number of hydrogen-bond acceptors (Lipinski definition) is 2. The second-order valence-electron chi connectivity index (χ2n) is 5.12. The van der Waals surface area contributed by atoms with Gasteiger partial charge in [0.25, 0.3) is 0 Å². The van der Waals surface area contributed by atoms with Crippen molar-refractivity contribution in [3.63, 3.8) is 0 Å². The van der Waals surface area contributed by atoms with Gasteiger partial charge in [0.1, 0.15) is 0 Å². The zero-order chi connectivity index (χ0) is 17.6. The first-order chi connectivity index (χ1) is 11.3. The van der Waals surface area contributed by atoms with E-state index < -0.39 is 8.07 Å². The van der Waals surface area contributed by atoms with E-state index in [9.17, 15) is 0 Å². The van der Waals surface area contributed by atoms with Crippen molar-refractivity contribution >= 4 is 59.1 Å². The fourth-order valence-electron chi connectivity index (χ4n) is 2.69. The Hall–Kier alpha value is 1.44. The van der Waals surface area contributed by atoms with Gasteiger partial charge in [0.2, 0.25) is 0 Å². The molecule has 2 aromatic heterocycles. The third-order valence-corrected chi connectivity index (χ3v) is 12.6. The Balaban J connectivity index is 0.00000112. The molecule has 0 aliphatic rings. The summed E-state index contributed by atoms with van der Waals surface area (Å²) in [5.74, 6) is 0. The van der Waals surface area contributed by atoms with Crippen LogP contribution in [0.15, 0.2) is 24.3 Å². The molecule has 0 spiro atoms. The van der Waals surface area contributed by atoms with Gasteiger partial charge in [-0.25, -0.2) is 12.1 Å². The Bertz CT molecular complexity index is 420. The van der Waals surface area contributed by atoms with Gasteiger partial charge in [-0.2, -0.15) is 21.1 Å². The van der Waals surface area contributed by atoms with Crippen LogP contribution in [0.25, 0.3) is 0 Å². The van der Waals surface area contributed by atoms with E-state index in [0.717, 1.165) is 34.6 Å². The molecule has 2 aromatic rings. The monoisotopic (exact) mass is 504 g/mol. The van der Waals surface area contributed by atoms with Crippen LogP contribution in [0.5, 0.6) is 0 Å². The van der Waals surface area contributed by atoms with Crippen LogP contribution in [-0.4, -0.2) is 8.07 Å². The van der Waals surface area contributed by atoms with Crippen LogP contribution in [0.2, 0.25) is 12.1 Å². The average molecular weight is 508 g/mol. The molecule has 0 aliphatic carbocycles. The summed E-state index contributed by atoms with van der Waals surface area (Å²) in [4.78, 5) is 0. The number of rotatable bonds is 8. The minimum atomic E-state index is -1.51. The number of unbranched alkanes of at least 4 members (excludes halogenated alkanes) is 2. The summed E-state index contributed by atoms with van der Waals surface area (Å²) in [6.07, 6.45) is 5.30. The molecule has 0 N–H and O–H groups in total. The van der Waals surface area contributed by atoms with Gasteiger partial charge in [-0.05, 0) is 8.07 Å². The molecule has 0 aromatic carbocycles. The summed E-state index contributed by atoms with van der Waals surface area (Å²) in [7, 11) is 8.02. The molecule has 120 valence electrons. The minimum absolute atomic E-state index is 0.847. The van der Waals surface area contributed by atoms with Gasteiger partial charge in [0.15, 0.2) is 0 Å². The fraction of sp³-hybridized carbons (Fsp3) is 0.500. The number of hydrogen-bond donors (Lipinski definition) is 0. The summed E-state index contributed by atoms with van der Waals surface area (Å²) >= 11 is 5.41. The van der Waals surface area contributed by atoms with Crippen LogP contribution in [0.4, 0.5) is 0 Å². The molecular weight excluding hydrogens is 486 g/mol. The van der Waals surface area contributed by atoms with Gasteiger partial charge in [0.05, 0.1) is 0 Å². The van der Waals surface area contributed by atoms with Gasteiger partial charge in [-0.15, -0.1) is 10.8 Å². The van der Waals surface area contributed by atoms with Gasteiger partial charge >= 0.3 is 54.0 Å². The van der Waals surface area contributed by atoms with Crippen molar-refractivity contribution < 1.29 is 34.6 Å². The Morgan fingerprint density at radius 3 is 1.52 bits per heavy atom. The van der Waals surface area contributed by atoms with Gasteiger partial charge in [-0.1, -0.05) is 51.6 Å². The zero-order valence-corrected chi connectivity index (χ0v) is 24.1. The average Bonchev–Trinajstić information content (AvgIpc) is 3.33. The normalized spacial score (nSPS) is 10.4. The Morgan fingerprint density at radius 2 is 1.26 bits per heavy atom. The van der Waals surface area contributed by atoms with Gasteiger partial charge < -0.3 is 22.7 Å². The number of halogens is 2. The van der Waals surface area contributed by atoms with Crippen molar-refractivity contribution in [3.8, 4) is 0 Å². The van der Waals surface area contributed by atoms with E-state index in [-0.39, 0.29) is 0 Å². The molecule has 0 bridgehead atoms. The first kappa shape index (κ1) is 24.4. The van der Waals surface area contributed by atoms with Crippen LogP contribution < -0.4 is 9.00 Å². The molecule has 0 nitrogen and oxygen atoms in total. The summed E-state index contributed by atoms with van der Waals surface area (Å²) in [6, 6.07) is 11.7. The molecule has 0 atom stereocenters. The van der Waals surface area contributed by atoms with Crippen molar-refractivity contribution in [2.75, 3.05) is 0 Å². The van der Waals surface area contributed by atoms with Crippen LogP contribution in [0.1, 0.15) is 39.5 Å². The van der Waals surface area contributed by atoms with E-state index in [2.05, 4.69) is 48.9 Å². The molecule has 7 heteroatoms. The Kier molecular flexibility index (Phi) is 16.7. The Labute approximate surface area is 178 Å². The van der Waals surface area contributed by atoms with Crippen molar-refractivity contribution in [3.05, 3.63) is 35.0 Å². The maximum atomic E-state index is 4.76. The molecule has 2 heterocycles. The molecule has 0 aliphatic heterocycles. The quantitative estimate of drug-likeness (QED) is 0.306. The standard InChI is InChI=1S/C16H22S2Si.2ClH.2Zn/c1-3-5-13-19(14-6-4-2,15-9-7-11-17-15)16-10-8-12-18-16;;;;/h7-10H,3-6,13-14H2,1-2H3;2*1H;;/q-2;;;2*+2/p-2. The summed E-state index contributed by atoms with van der Waals surface area (Å²) in [5, 5.41) is 6.64. The summed E-state index contributed by atoms with van der Waals surface area (Å²) in [6.45, 7) is 4.61. The predicted molar refractivity (Wildman–Crippen MR) is 102 cm³/mol. The maximum absolute atomic E-state index is 4.76. The van der Waals surface area contributed by atoms with E-state index in [1.54, 1.807) is 9.00 Å². The second kappa shape index (κ2) is 15.7. The summed E-state index contributed by atoms with van der Waals surface area (Å²) < 4.78 is 3.26. The van der Waals surface area contributed by atoms with Crippen LogP contribution >= 0.6 is 42.1 Å². The molecule has 0 amide bonds. The first-order valence-electron chi connectivity index (χ1n) is 7.79. The van der Waals surface area contributed by atoms with Crippen LogP contribution in [0, 0.1) is 10.8 Å².